The van der Waals surface area contributed by atoms with E-state index < -0.39 is 5.97 Å². The van der Waals surface area contributed by atoms with Crippen molar-refractivity contribution in [2.24, 2.45) is 0 Å². The van der Waals surface area contributed by atoms with Crippen molar-refractivity contribution in [2.45, 2.75) is 0 Å². The number of rotatable bonds is 4. The second-order valence-corrected chi connectivity index (χ2v) is 5.91. The molecule has 0 saturated heterocycles. The van der Waals surface area contributed by atoms with Gasteiger partial charge in [-0.1, -0.05) is 0 Å². The molecular weight excluding hydrogens is 344 g/mol. The second kappa shape index (κ2) is 6.72. The lowest BCUT2D eigenvalue weighted by molar-refractivity contribution is 0.0696. The molecule has 7 nitrogen and oxygen atoms in total. The number of aromatic nitrogens is 3. The number of carbonyl (C=O) groups excluding carboxylic acids is 1. The van der Waals surface area contributed by atoms with Crippen molar-refractivity contribution < 1.29 is 14.7 Å². The summed E-state index contributed by atoms with van der Waals surface area (Å²) in [7, 11) is 0. The topological polar surface area (TPSA) is 108 Å². The van der Waals surface area contributed by atoms with E-state index in [1.54, 1.807) is 18.5 Å². The number of nitrogens with zero attached hydrogens (tertiary/aromatic N) is 2. The van der Waals surface area contributed by atoms with Gasteiger partial charge in [-0.2, -0.15) is 5.10 Å². The summed E-state index contributed by atoms with van der Waals surface area (Å²) >= 11 is 0. The Hall–Kier alpha value is -4.00. The van der Waals surface area contributed by atoms with Gasteiger partial charge in [0, 0.05) is 34.6 Å². The number of nitrogens with one attached hydrogen (secondary N) is 2. The zero-order chi connectivity index (χ0) is 18.8. The Bertz CT molecular complexity index is 1140. The number of carboxylic acids is 1. The minimum absolute atomic E-state index is 0.133. The number of H-pyrrole nitrogens is 1. The van der Waals surface area contributed by atoms with E-state index >= 15 is 0 Å². The highest BCUT2D eigenvalue weighted by atomic mass is 16.4. The van der Waals surface area contributed by atoms with Gasteiger partial charge in [-0.25, -0.2) is 4.79 Å². The molecule has 3 N–H and O–H groups in total. The first-order chi connectivity index (χ1) is 13.1. The lowest BCUT2D eigenvalue weighted by Gasteiger charge is -2.06. The van der Waals surface area contributed by atoms with Crippen molar-refractivity contribution in [1.82, 2.24) is 15.2 Å². The molecule has 2 aromatic carbocycles. The molecular formula is C20H14N4O3. The van der Waals surface area contributed by atoms with E-state index in [0.29, 0.717) is 11.3 Å². The number of hydrogen-bond acceptors (Lipinski definition) is 4. The van der Waals surface area contributed by atoms with Gasteiger partial charge < -0.3 is 10.4 Å². The van der Waals surface area contributed by atoms with E-state index in [1.165, 1.54) is 24.3 Å². The molecule has 132 valence electrons. The Kier molecular flexibility index (Phi) is 4.10. The first-order valence-electron chi connectivity index (χ1n) is 8.15. The van der Waals surface area contributed by atoms with Crippen LogP contribution in [0.2, 0.25) is 0 Å². The number of pyridine rings is 1. The molecule has 0 aliphatic carbocycles. The van der Waals surface area contributed by atoms with Crippen molar-refractivity contribution in [3.05, 3.63) is 78.1 Å². The van der Waals surface area contributed by atoms with E-state index in [1.807, 2.05) is 24.3 Å². The number of carbonyl (C=O) groups is 2. The van der Waals surface area contributed by atoms with Crippen molar-refractivity contribution in [1.29, 1.82) is 0 Å². The molecule has 0 radical (unpaired) electrons. The summed E-state index contributed by atoms with van der Waals surface area (Å²) in [6, 6.07) is 15.0. The van der Waals surface area contributed by atoms with Gasteiger partial charge in [0.25, 0.3) is 5.91 Å². The minimum Gasteiger partial charge on any atom is -0.478 e. The SMILES string of the molecule is O=C(O)c1ccc(C(=O)Nc2ccc3[nH]nc(-c4ccncc4)c3c2)cc1. The summed E-state index contributed by atoms with van der Waals surface area (Å²) in [6.45, 7) is 0. The molecule has 0 unspecified atom stereocenters. The molecule has 0 bridgehead atoms. The van der Waals surface area contributed by atoms with Crippen molar-refractivity contribution in [2.75, 3.05) is 5.32 Å². The normalized spacial score (nSPS) is 10.7. The molecule has 0 saturated carbocycles. The van der Waals surface area contributed by atoms with Gasteiger partial charge in [0.1, 0.15) is 5.69 Å². The maximum atomic E-state index is 12.4. The second-order valence-electron chi connectivity index (χ2n) is 5.91. The monoisotopic (exact) mass is 358 g/mol. The van der Waals surface area contributed by atoms with Gasteiger partial charge in [-0.05, 0) is 54.6 Å². The van der Waals surface area contributed by atoms with Crippen LogP contribution in [0, 0.1) is 0 Å². The van der Waals surface area contributed by atoms with Crippen LogP contribution in [0.5, 0.6) is 0 Å². The molecule has 2 aromatic heterocycles. The smallest absolute Gasteiger partial charge is 0.335 e. The van der Waals surface area contributed by atoms with Crippen LogP contribution in [0.4, 0.5) is 5.69 Å². The number of benzene rings is 2. The van der Waals surface area contributed by atoms with E-state index in [0.717, 1.165) is 22.2 Å². The van der Waals surface area contributed by atoms with Crippen LogP contribution >= 0.6 is 0 Å². The van der Waals surface area contributed by atoms with Crippen LogP contribution in [0.25, 0.3) is 22.2 Å². The Morgan fingerprint density at radius 1 is 0.926 bits per heavy atom. The van der Waals surface area contributed by atoms with Crippen molar-refractivity contribution in [3.8, 4) is 11.3 Å². The van der Waals surface area contributed by atoms with Crippen LogP contribution < -0.4 is 5.32 Å². The first-order valence-corrected chi connectivity index (χ1v) is 8.15. The van der Waals surface area contributed by atoms with E-state index in [2.05, 4.69) is 20.5 Å². The molecule has 0 fully saturated rings. The lowest BCUT2D eigenvalue weighted by atomic mass is 10.1. The third-order valence-corrected chi connectivity index (χ3v) is 4.17. The highest BCUT2D eigenvalue weighted by molar-refractivity contribution is 6.06. The van der Waals surface area contributed by atoms with Gasteiger partial charge in [0.05, 0.1) is 11.1 Å². The molecule has 2 heterocycles. The highest BCUT2D eigenvalue weighted by Crippen LogP contribution is 2.28. The summed E-state index contributed by atoms with van der Waals surface area (Å²) in [5, 5.41) is 20.0. The molecule has 4 aromatic rings. The van der Waals surface area contributed by atoms with Gasteiger partial charge in [-0.3, -0.25) is 14.9 Å². The number of aromatic amines is 1. The van der Waals surface area contributed by atoms with Crippen molar-refractivity contribution in [3.63, 3.8) is 0 Å². The quantitative estimate of drug-likeness (QED) is 0.517. The van der Waals surface area contributed by atoms with Gasteiger partial charge in [0.15, 0.2) is 0 Å². The highest BCUT2D eigenvalue weighted by Gasteiger charge is 2.11. The molecule has 0 aliphatic rings. The average Bonchev–Trinajstić information content (AvgIpc) is 3.12. The maximum Gasteiger partial charge on any atom is 0.335 e. The van der Waals surface area contributed by atoms with Gasteiger partial charge >= 0.3 is 5.97 Å². The lowest BCUT2D eigenvalue weighted by Crippen LogP contribution is -2.12. The predicted octanol–water partition coefficient (Wildman–Crippen LogP) is 3.58. The van der Waals surface area contributed by atoms with E-state index in [4.69, 9.17) is 5.11 Å². The fraction of sp³-hybridized carbons (Fsp3) is 0. The van der Waals surface area contributed by atoms with Crippen LogP contribution in [0.1, 0.15) is 20.7 Å². The summed E-state index contributed by atoms with van der Waals surface area (Å²) in [4.78, 5) is 27.4. The molecule has 27 heavy (non-hydrogen) atoms. The zero-order valence-electron chi connectivity index (χ0n) is 14.0. The fourth-order valence-corrected chi connectivity index (χ4v) is 2.79. The number of anilines is 1. The molecule has 7 heteroatoms. The Labute approximate surface area is 153 Å². The standard InChI is InChI=1S/C20H14N4O3/c25-19(13-1-3-14(4-2-13)20(26)27)22-15-5-6-17-16(11-15)18(24-23-17)12-7-9-21-10-8-12/h1-11H,(H,22,25)(H,23,24)(H,26,27). The maximum absolute atomic E-state index is 12.4. The molecule has 0 spiro atoms. The number of fused-ring (bicyclic) bond motifs is 1. The molecule has 0 aliphatic heterocycles. The summed E-state index contributed by atoms with van der Waals surface area (Å²) in [5.41, 5.74) is 3.67. The van der Waals surface area contributed by atoms with E-state index in [9.17, 15) is 9.59 Å². The number of carboxylic acid groups (broad SMARTS) is 1. The molecule has 1 amide bonds. The minimum atomic E-state index is -1.03. The molecule has 0 atom stereocenters. The van der Waals surface area contributed by atoms with Gasteiger partial charge in [0.2, 0.25) is 0 Å². The summed E-state index contributed by atoms with van der Waals surface area (Å²) < 4.78 is 0. The Morgan fingerprint density at radius 2 is 1.63 bits per heavy atom. The van der Waals surface area contributed by atoms with Gasteiger partial charge in [-0.15, -0.1) is 0 Å². The summed E-state index contributed by atoms with van der Waals surface area (Å²) in [5.74, 6) is -1.35. The Morgan fingerprint density at radius 3 is 2.33 bits per heavy atom. The fourth-order valence-electron chi connectivity index (χ4n) is 2.79. The van der Waals surface area contributed by atoms with E-state index in [-0.39, 0.29) is 11.5 Å². The first kappa shape index (κ1) is 16.5. The largest absolute Gasteiger partial charge is 0.478 e. The Balaban J connectivity index is 1.62. The van der Waals surface area contributed by atoms with Crippen LogP contribution in [-0.4, -0.2) is 32.2 Å². The van der Waals surface area contributed by atoms with Crippen molar-refractivity contribution >= 4 is 28.5 Å². The number of aromatic carboxylic acids is 1. The predicted molar refractivity (Wildman–Crippen MR) is 101 cm³/mol. The third kappa shape index (κ3) is 3.25. The number of hydrogen-bond donors (Lipinski definition) is 3. The third-order valence-electron chi connectivity index (χ3n) is 4.17. The van der Waals surface area contributed by atoms with Crippen LogP contribution in [0.3, 0.4) is 0 Å². The van der Waals surface area contributed by atoms with Crippen LogP contribution in [-0.2, 0) is 0 Å². The number of amides is 1. The average molecular weight is 358 g/mol. The molecule has 4 rings (SSSR count). The zero-order valence-corrected chi connectivity index (χ0v) is 14.0. The van der Waals surface area contributed by atoms with Crippen LogP contribution in [0.15, 0.2) is 67.0 Å². The summed E-state index contributed by atoms with van der Waals surface area (Å²) in [6.07, 6.45) is 3.39.